The summed E-state index contributed by atoms with van der Waals surface area (Å²) in [4.78, 5) is 13.9. The van der Waals surface area contributed by atoms with Gasteiger partial charge in [0.25, 0.3) is 0 Å². The maximum absolute atomic E-state index is 11.5. The monoisotopic (exact) mass is 221 g/mol. The highest BCUT2D eigenvalue weighted by atomic mass is 32.1. The molecule has 1 aromatic rings. The molecule has 0 spiro atoms. The maximum atomic E-state index is 11.5. The third-order valence-electron chi connectivity index (χ3n) is 1.99. The Morgan fingerprint density at radius 3 is 2.87 bits per heavy atom. The summed E-state index contributed by atoms with van der Waals surface area (Å²) in [5, 5.41) is 2.89. The zero-order valence-electron chi connectivity index (χ0n) is 8.88. The lowest BCUT2D eigenvalue weighted by Crippen LogP contribution is -2.24. The van der Waals surface area contributed by atoms with Gasteiger partial charge in [-0.3, -0.25) is 10.1 Å². The Morgan fingerprint density at radius 2 is 2.27 bits per heavy atom. The normalized spacial score (nSPS) is 9.87. The van der Waals surface area contributed by atoms with Gasteiger partial charge in [-0.05, 0) is 18.6 Å². The predicted octanol–water partition coefficient (Wildman–Crippen LogP) is 1.64. The molecule has 0 unspecified atom stereocenters. The minimum atomic E-state index is 0.190. The Balaban J connectivity index is 2.34. The van der Waals surface area contributed by atoms with E-state index in [1.807, 2.05) is 6.07 Å². The first-order valence-electron chi connectivity index (χ1n) is 4.99. The van der Waals surface area contributed by atoms with Crippen LogP contribution in [0.5, 0.6) is 0 Å². The lowest BCUT2D eigenvalue weighted by atomic mass is 10.2. The van der Waals surface area contributed by atoms with Crippen LogP contribution in [0.3, 0.4) is 0 Å². The number of aryl methyl sites for hydroxylation is 1. The van der Waals surface area contributed by atoms with E-state index in [9.17, 15) is 4.79 Å². The lowest BCUT2D eigenvalue weighted by Gasteiger charge is -1.98. The molecule has 0 bridgehead atoms. The molecule has 0 radical (unpaired) electrons. The van der Waals surface area contributed by atoms with Crippen molar-refractivity contribution in [2.45, 2.75) is 19.8 Å². The van der Waals surface area contributed by atoms with Crippen LogP contribution in [-0.2, 0) is 17.6 Å². The van der Waals surface area contributed by atoms with Crippen LogP contribution in [0.2, 0.25) is 0 Å². The molecule has 0 saturated carbocycles. The van der Waals surface area contributed by atoms with Gasteiger partial charge in [-0.15, -0.1) is 17.8 Å². The van der Waals surface area contributed by atoms with Crippen molar-refractivity contribution in [2.75, 3.05) is 13.1 Å². The fourth-order valence-electron chi connectivity index (χ4n) is 1.24. The molecule has 1 aromatic heterocycles. The van der Waals surface area contributed by atoms with Crippen molar-refractivity contribution in [3.8, 4) is 12.3 Å². The van der Waals surface area contributed by atoms with Gasteiger partial charge >= 0.3 is 0 Å². The van der Waals surface area contributed by atoms with Crippen LogP contribution in [-0.4, -0.2) is 18.9 Å². The van der Waals surface area contributed by atoms with Crippen LogP contribution in [0.25, 0.3) is 0 Å². The van der Waals surface area contributed by atoms with Gasteiger partial charge in [0.15, 0.2) is 5.78 Å². The standard InChI is InChI=1S/C12H15NOS/c1-3-7-13-9-10(14)8-12-6-5-11(4-2)15-12/h1,5-6,13H,4,7-9H2,2H3. The largest absolute Gasteiger partial charge is 0.299 e. The van der Waals surface area contributed by atoms with Crippen molar-refractivity contribution < 1.29 is 4.79 Å². The van der Waals surface area contributed by atoms with E-state index in [0.717, 1.165) is 11.3 Å². The summed E-state index contributed by atoms with van der Waals surface area (Å²) in [6, 6.07) is 4.12. The first-order chi connectivity index (χ1) is 7.26. The topological polar surface area (TPSA) is 29.1 Å². The zero-order valence-corrected chi connectivity index (χ0v) is 9.69. The van der Waals surface area contributed by atoms with E-state index in [0.29, 0.717) is 19.5 Å². The van der Waals surface area contributed by atoms with Crippen LogP contribution in [0, 0.1) is 12.3 Å². The predicted molar refractivity (Wildman–Crippen MR) is 64.1 cm³/mol. The van der Waals surface area contributed by atoms with Gasteiger partial charge in [0.2, 0.25) is 0 Å². The molecular weight excluding hydrogens is 206 g/mol. The van der Waals surface area contributed by atoms with E-state index in [2.05, 4.69) is 24.2 Å². The molecule has 1 rings (SSSR count). The summed E-state index contributed by atoms with van der Waals surface area (Å²) in [6.07, 6.45) is 6.62. The first-order valence-corrected chi connectivity index (χ1v) is 5.81. The third kappa shape index (κ3) is 4.28. The molecule has 0 atom stereocenters. The molecule has 0 amide bonds. The molecule has 1 N–H and O–H groups in total. The van der Waals surface area contributed by atoms with E-state index in [-0.39, 0.29) is 5.78 Å². The van der Waals surface area contributed by atoms with Crippen molar-refractivity contribution in [2.24, 2.45) is 0 Å². The fraction of sp³-hybridized carbons (Fsp3) is 0.417. The summed E-state index contributed by atoms with van der Waals surface area (Å²) >= 11 is 1.71. The van der Waals surface area contributed by atoms with Gasteiger partial charge in [-0.1, -0.05) is 12.8 Å². The summed E-state index contributed by atoms with van der Waals surface area (Å²) < 4.78 is 0. The van der Waals surface area contributed by atoms with Gasteiger partial charge in [-0.2, -0.15) is 0 Å². The fourth-order valence-corrected chi connectivity index (χ4v) is 2.22. The van der Waals surface area contributed by atoms with Crippen molar-refractivity contribution in [1.29, 1.82) is 0 Å². The van der Waals surface area contributed by atoms with Crippen LogP contribution in [0.1, 0.15) is 16.7 Å². The third-order valence-corrected chi connectivity index (χ3v) is 3.22. The summed E-state index contributed by atoms with van der Waals surface area (Å²) in [6.45, 7) is 2.94. The van der Waals surface area contributed by atoms with E-state index in [1.54, 1.807) is 11.3 Å². The summed E-state index contributed by atoms with van der Waals surface area (Å²) in [5.41, 5.74) is 0. The van der Waals surface area contributed by atoms with Crippen LogP contribution >= 0.6 is 11.3 Å². The summed E-state index contributed by atoms with van der Waals surface area (Å²) in [5.74, 6) is 2.63. The van der Waals surface area contributed by atoms with E-state index in [4.69, 9.17) is 6.42 Å². The Bertz CT molecular complexity index is 362. The van der Waals surface area contributed by atoms with Crippen LogP contribution in [0.4, 0.5) is 0 Å². The highest BCUT2D eigenvalue weighted by Gasteiger charge is 2.05. The second-order valence-electron chi connectivity index (χ2n) is 3.24. The number of thiophene rings is 1. The molecule has 15 heavy (non-hydrogen) atoms. The highest BCUT2D eigenvalue weighted by Crippen LogP contribution is 2.17. The Morgan fingerprint density at radius 1 is 1.53 bits per heavy atom. The van der Waals surface area contributed by atoms with E-state index < -0.39 is 0 Å². The van der Waals surface area contributed by atoms with Gasteiger partial charge in [-0.25, -0.2) is 0 Å². The van der Waals surface area contributed by atoms with Crippen LogP contribution in [0.15, 0.2) is 12.1 Å². The zero-order chi connectivity index (χ0) is 11.1. The number of nitrogens with one attached hydrogen (secondary N) is 1. The SMILES string of the molecule is C#CCNCC(=O)Cc1ccc(CC)s1. The minimum Gasteiger partial charge on any atom is -0.299 e. The molecule has 0 fully saturated rings. The molecule has 0 aliphatic heterocycles. The van der Waals surface area contributed by atoms with Crippen LogP contribution < -0.4 is 5.32 Å². The van der Waals surface area contributed by atoms with Crippen molar-refractivity contribution in [3.05, 3.63) is 21.9 Å². The number of carbonyl (C=O) groups is 1. The smallest absolute Gasteiger partial charge is 0.151 e. The number of hydrogen-bond donors (Lipinski definition) is 1. The molecule has 80 valence electrons. The van der Waals surface area contributed by atoms with Gasteiger partial charge in [0.05, 0.1) is 13.1 Å². The van der Waals surface area contributed by atoms with Crippen molar-refractivity contribution in [1.82, 2.24) is 5.32 Å². The van der Waals surface area contributed by atoms with Crippen molar-refractivity contribution >= 4 is 17.1 Å². The first kappa shape index (κ1) is 12.0. The second-order valence-corrected chi connectivity index (χ2v) is 4.50. The number of rotatable bonds is 6. The van der Waals surface area contributed by atoms with E-state index >= 15 is 0 Å². The van der Waals surface area contributed by atoms with E-state index in [1.165, 1.54) is 4.88 Å². The van der Waals surface area contributed by atoms with Gasteiger partial charge in [0, 0.05) is 16.2 Å². The Labute approximate surface area is 94.7 Å². The highest BCUT2D eigenvalue weighted by molar-refractivity contribution is 7.12. The average molecular weight is 221 g/mol. The minimum absolute atomic E-state index is 0.190. The molecular formula is C12H15NOS. The second kappa shape index (κ2) is 6.39. The average Bonchev–Trinajstić information content (AvgIpc) is 2.66. The number of hydrogen-bond acceptors (Lipinski definition) is 3. The lowest BCUT2D eigenvalue weighted by molar-refractivity contribution is -0.117. The van der Waals surface area contributed by atoms with Crippen molar-refractivity contribution in [3.63, 3.8) is 0 Å². The maximum Gasteiger partial charge on any atom is 0.151 e. The molecule has 1 heterocycles. The molecule has 0 aliphatic rings. The van der Waals surface area contributed by atoms with Gasteiger partial charge in [0.1, 0.15) is 0 Å². The number of ketones is 1. The number of carbonyl (C=O) groups excluding carboxylic acids is 1. The number of Topliss-reactive ketones (excluding diaryl/α,β-unsaturated/α-hetero) is 1. The quantitative estimate of drug-likeness (QED) is 0.584. The molecule has 0 saturated heterocycles. The molecule has 2 nitrogen and oxygen atoms in total. The Kier molecular flexibility index (Phi) is 5.09. The summed E-state index contributed by atoms with van der Waals surface area (Å²) in [7, 11) is 0. The van der Waals surface area contributed by atoms with Gasteiger partial charge < -0.3 is 0 Å². The number of terminal acetylenes is 1. The Hall–Kier alpha value is -1.11. The molecule has 0 aromatic carbocycles. The molecule has 0 aliphatic carbocycles. The molecule has 3 heteroatoms.